The summed E-state index contributed by atoms with van der Waals surface area (Å²) < 4.78 is 11.2. The fraction of sp³-hybridized carbons (Fsp3) is 0.923. The van der Waals surface area contributed by atoms with Crippen molar-refractivity contribution in [2.24, 2.45) is 5.92 Å². The van der Waals surface area contributed by atoms with Gasteiger partial charge in [0.05, 0.1) is 13.1 Å². The van der Waals surface area contributed by atoms with Gasteiger partial charge in [-0.1, -0.05) is 6.92 Å². The summed E-state index contributed by atoms with van der Waals surface area (Å²) in [6.45, 7) is 10.1. The van der Waals surface area contributed by atoms with E-state index in [0.29, 0.717) is 19.0 Å². The Morgan fingerprint density at radius 3 is 2.59 bits per heavy atom. The highest BCUT2D eigenvalue weighted by molar-refractivity contribution is 5.69. The van der Waals surface area contributed by atoms with E-state index in [1.807, 2.05) is 20.8 Å². The molecule has 2 heterocycles. The van der Waals surface area contributed by atoms with Crippen LogP contribution in [0.2, 0.25) is 0 Å². The quantitative estimate of drug-likeness (QED) is 0.654. The van der Waals surface area contributed by atoms with Crippen LogP contribution >= 0.6 is 0 Å². The lowest BCUT2D eigenvalue weighted by molar-refractivity contribution is -0.171. The van der Waals surface area contributed by atoms with Gasteiger partial charge in [-0.2, -0.15) is 0 Å². The molecule has 1 unspecified atom stereocenters. The number of hydrogen-bond donors (Lipinski definition) is 0. The monoisotopic (exact) mass is 241 g/mol. The molecule has 0 aromatic carbocycles. The smallest absolute Gasteiger partial charge is 0.410 e. The Hall–Kier alpha value is -0.770. The van der Waals surface area contributed by atoms with E-state index in [4.69, 9.17) is 9.47 Å². The van der Waals surface area contributed by atoms with E-state index in [9.17, 15) is 4.79 Å². The van der Waals surface area contributed by atoms with Gasteiger partial charge >= 0.3 is 6.09 Å². The molecule has 0 aromatic rings. The molecule has 17 heavy (non-hydrogen) atoms. The highest BCUT2D eigenvalue weighted by Crippen LogP contribution is 2.37. The summed E-state index contributed by atoms with van der Waals surface area (Å²) in [6, 6.07) is 0. The van der Waals surface area contributed by atoms with Crippen molar-refractivity contribution in [3.8, 4) is 0 Å². The molecule has 1 amide bonds. The lowest BCUT2D eigenvalue weighted by atomic mass is 9.81. The average Bonchev–Trinajstić information content (AvgIpc) is 2.10. The molecule has 2 aliphatic rings. The van der Waals surface area contributed by atoms with E-state index in [1.54, 1.807) is 4.90 Å². The average molecular weight is 241 g/mol. The van der Waals surface area contributed by atoms with Crippen LogP contribution in [0, 0.1) is 5.92 Å². The highest BCUT2D eigenvalue weighted by atomic mass is 16.6. The fourth-order valence-electron chi connectivity index (χ4n) is 2.60. The predicted octanol–water partition coefficient (Wildman–Crippen LogP) is 2.42. The predicted molar refractivity (Wildman–Crippen MR) is 64.9 cm³/mol. The SMILES string of the molecule is CC1CCOC2(C1)CN(C(=O)OC(C)(C)C)C2. The fourth-order valence-corrected chi connectivity index (χ4v) is 2.60. The summed E-state index contributed by atoms with van der Waals surface area (Å²) in [5.74, 6) is 0.699. The molecular weight excluding hydrogens is 218 g/mol. The first-order chi connectivity index (χ1) is 7.80. The molecule has 2 saturated heterocycles. The van der Waals surface area contributed by atoms with Crippen LogP contribution in [-0.2, 0) is 9.47 Å². The zero-order valence-electron chi connectivity index (χ0n) is 11.3. The van der Waals surface area contributed by atoms with E-state index in [-0.39, 0.29) is 11.7 Å². The van der Waals surface area contributed by atoms with Crippen LogP contribution in [0.5, 0.6) is 0 Å². The Balaban J connectivity index is 1.83. The minimum Gasteiger partial charge on any atom is -0.444 e. The lowest BCUT2D eigenvalue weighted by Crippen LogP contribution is -2.66. The molecule has 1 atom stereocenters. The Labute approximate surface area is 103 Å². The topological polar surface area (TPSA) is 38.8 Å². The van der Waals surface area contributed by atoms with Crippen molar-refractivity contribution in [1.29, 1.82) is 0 Å². The molecular formula is C13H23NO3. The second-order valence-corrected chi connectivity index (χ2v) is 6.47. The minimum atomic E-state index is -0.416. The number of rotatable bonds is 0. The van der Waals surface area contributed by atoms with Crippen LogP contribution in [-0.4, -0.2) is 41.9 Å². The van der Waals surface area contributed by atoms with Crippen LogP contribution < -0.4 is 0 Å². The van der Waals surface area contributed by atoms with Gasteiger partial charge < -0.3 is 14.4 Å². The molecule has 98 valence electrons. The number of carbonyl (C=O) groups is 1. The summed E-state index contributed by atoms with van der Waals surface area (Å²) in [5, 5.41) is 0. The Morgan fingerprint density at radius 1 is 1.41 bits per heavy atom. The third-order valence-electron chi connectivity index (χ3n) is 3.35. The molecule has 0 N–H and O–H groups in total. The normalized spacial score (nSPS) is 27.8. The maximum atomic E-state index is 11.8. The number of amides is 1. The summed E-state index contributed by atoms with van der Waals surface area (Å²) in [5.41, 5.74) is -0.491. The van der Waals surface area contributed by atoms with Crippen LogP contribution in [0.25, 0.3) is 0 Å². The van der Waals surface area contributed by atoms with E-state index in [2.05, 4.69) is 6.92 Å². The molecule has 2 rings (SSSR count). The maximum Gasteiger partial charge on any atom is 0.410 e. The first-order valence-electron chi connectivity index (χ1n) is 6.42. The second-order valence-electron chi connectivity index (χ2n) is 6.47. The molecule has 4 nitrogen and oxygen atoms in total. The molecule has 2 aliphatic heterocycles. The third-order valence-corrected chi connectivity index (χ3v) is 3.35. The summed E-state index contributed by atoms with van der Waals surface area (Å²) in [4.78, 5) is 13.5. The number of likely N-dealkylation sites (tertiary alicyclic amines) is 1. The van der Waals surface area contributed by atoms with Crippen molar-refractivity contribution in [2.75, 3.05) is 19.7 Å². The van der Waals surface area contributed by atoms with Crippen molar-refractivity contribution < 1.29 is 14.3 Å². The zero-order valence-corrected chi connectivity index (χ0v) is 11.3. The van der Waals surface area contributed by atoms with Gasteiger partial charge in [0.1, 0.15) is 11.2 Å². The number of carbonyl (C=O) groups excluding carboxylic acids is 1. The maximum absolute atomic E-state index is 11.8. The molecule has 4 heteroatoms. The van der Waals surface area contributed by atoms with Gasteiger partial charge in [0, 0.05) is 6.61 Å². The van der Waals surface area contributed by atoms with E-state index in [0.717, 1.165) is 19.4 Å². The lowest BCUT2D eigenvalue weighted by Gasteiger charge is -2.52. The number of hydrogen-bond acceptors (Lipinski definition) is 3. The largest absolute Gasteiger partial charge is 0.444 e. The van der Waals surface area contributed by atoms with Gasteiger partial charge in [0.15, 0.2) is 0 Å². The van der Waals surface area contributed by atoms with Gasteiger partial charge in [0.2, 0.25) is 0 Å². The Kier molecular flexibility index (Phi) is 3.10. The van der Waals surface area contributed by atoms with E-state index >= 15 is 0 Å². The summed E-state index contributed by atoms with van der Waals surface area (Å²) in [6.07, 6.45) is 1.98. The number of nitrogens with zero attached hydrogens (tertiary/aromatic N) is 1. The van der Waals surface area contributed by atoms with Crippen molar-refractivity contribution in [2.45, 2.75) is 51.7 Å². The van der Waals surface area contributed by atoms with Crippen molar-refractivity contribution in [3.63, 3.8) is 0 Å². The van der Waals surface area contributed by atoms with E-state index < -0.39 is 5.60 Å². The van der Waals surface area contributed by atoms with Gasteiger partial charge in [-0.3, -0.25) is 0 Å². The molecule has 0 bridgehead atoms. The molecule has 2 fully saturated rings. The molecule has 1 spiro atoms. The molecule has 0 aliphatic carbocycles. The Morgan fingerprint density at radius 2 is 2.06 bits per heavy atom. The third kappa shape index (κ3) is 2.92. The van der Waals surface area contributed by atoms with Crippen molar-refractivity contribution in [1.82, 2.24) is 4.90 Å². The summed E-state index contributed by atoms with van der Waals surface area (Å²) in [7, 11) is 0. The number of ether oxygens (including phenoxy) is 2. The highest BCUT2D eigenvalue weighted by Gasteiger charge is 2.49. The second kappa shape index (κ2) is 4.16. The van der Waals surface area contributed by atoms with Crippen molar-refractivity contribution >= 4 is 6.09 Å². The zero-order chi connectivity index (χ0) is 12.7. The van der Waals surface area contributed by atoms with Gasteiger partial charge in [-0.25, -0.2) is 4.79 Å². The van der Waals surface area contributed by atoms with Gasteiger partial charge in [0.25, 0.3) is 0 Å². The first kappa shape index (κ1) is 12.7. The standard InChI is InChI=1S/C13H23NO3/c1-10-5-6-16-13(7-10)8-14(9-13)11(15)17-12(2,3)4/h10H,5-9H2,1-4H3. The van der Waals surface area contributed by atoms with E-state index in [1.165, 1.54) is 0 Å². The molecule has 0 aromatic heterocycles. The molecule has 0 saturated carbocycles. The Bertz CT molecular complexity index is 302. The van der Waals surface area contributed by atoms with Gasteiger partial charge in [-0.05, 0) is 39.5 Å². The minimum absolute atomic E-state index is 0.0748. The summed E-state index contributed by atoms with van der Waals surface area (Å²) >= 11 is 0. The van der Waals surface area contributed by atoms with Crippen LogP contribution in [0.1, 0.15) is 40.5 Å². The van der Waals surface area contributed by atoms with Crippen LogP contribution in [0.3, 0.4) is 0 Å². The van der Waals surface area contributed by atoms with Crippen LogP contribution in [0.4, 0.5) is 4.79 Å². The van der Waals surface area contributed by atoms with Crippen molar-refractivity contribution in [3.05, 3.63) is 0 Å². The first-order valence-corrected chi connectivity index (χ1v) is 6.42. The molecule has 0 radical (unpaired) electrons. The van der Waals surface area contributed by atoms with Gasteiger partial charge in [-0.15, -0.1) is 0 Å². The van der Waals surface area contributed by atoms with Crippen LogP contribution in [0.15, 0.2) is 0 Å².